The highest BCUT2D eigenvalue weighted by Crippen LogP contribution is 2.24. The van der Waals surface area contributed by atoms with Crippen LogP contribution in [0.3, 0.4) is 0 Å². The maximum atomic E-state index is 4.79. The zero-order chi connectivity index (χ0) is 15.2. The van der Waals surface area contributed by atoms with Crippen molar-refractivity contribution >= 4 is 35.6 Å². The molecule has 0 aromatic heterocycles. The Morgan fingerprint density at radius 3 is 2.18 bits per heavy atom. The van der Waals surface area contributed by atoms with Crippen molar-refractivity contribution in [3.05, 3.63) is 29.8 Å². The highest BCUT2D eigenvalue weighted by atomic mass is 127. The smallest absolute Gasteiger partial charge is 0.195 e. The van der Waals surface area contributed by atoms with Gasteiger partial charge in [0.1, 0.15) is 0 Å². The number of rotatable bonds is 3. The van der Waals surface area contributed by atoms with E-state index in [1.165, 1.54) is 43.6 Å². The lowest BCUT2D eigenvalue weighted by Gasteiger charge is -2.30. The minimum absolute atomic E-state index is 0. The highest BCUT2D eigenvalue weighted by molar-refractivity contribution is 14.0. The molecule has 22 heavy (non-hydrogen) atoms. The molecular weight excluding hydrogens is 387 g/mol. The number of aliphatic imine (C=N–C) groups is 1. The molecule has 0 spiro atoms. The molecule has 0 atom stereocenters. The fourth-order valence-corrected chi connectivity index (χ4v) is 2.93. The van der Waals surface area contributed by atoms with E-state index >= 15 is 0 Å². The van der Waals surface area contributed by atoms with E-state index in [1.54, 1.807) is 0 Å². The SMILES string of the molecule is CN(C)C(=NCc1ccccc1N1CCCCC1)N(C)C.I. The number of anilines is 1. The number of halogens is 1. The van der Waals surface area contributed by atoms with Crippen molar-refractivity contribution in [1.29, 1.82) is 0 Å². The third-order valence-electron chi connectivity index (χ3n) is 3.88. The molecule has 5 heteroatoms. The minimum atomic E-state index is 0. The molecule has 0 amide bonds. The molecule has 2 rings (SSSR count). The summed E-state index contributed by atoms with van der Waals surface area (Å²) in [6, 6.07) is 8.69. The molecule has 0 unspecified atom stereocenters. The molecular formula is C17H29IN4. The van der Waals surface area contributed by atoms with Gasteiger partial charge in [0.05, 0.1) is 6.54 Å². The van der Waals surface area contributed by atoms with E-state index in [9.17, 15) is 0 Å². The molecule has 124 valence electrons. The Balaban J connectivity index is 0.00000242. The maximum Gasteiger partial charge on any atom is 0.195 e. The van der Waals surface area contributed by atoms with Crippen LogP contribution in [-0.4, -0.2) is 57.0 Å². The van der Waals surface area contributed by atoms with Crippen molar-refractivity contribution in [3.8, 4) is 0 Å². The molecule has 1 aliphatic rings. The van der Waals surface area contributed by atoms with Crippen LogP contribution in [0.25, 0.3) is 0 Å². The molecule has 0 aliphatic carbocycles. The molecule has 0 radical (unpaired) electrons. The van der Waals surface area contributed by atoms with Crippen LogP contribution in [0.15, 0.2) is 29.3 Å². The average molecular weight is 416 g/mol. The largest absolute Gasteiger partial charge is 0.371 e. The molecule has 1 saturated heterocycles. The Morgan fingerprint density at radius 1 is 1.00 bits per heavy atom. The number of nitrogens with zero attached hydrogens (tertiary/aromatic N) is 4. The Morgan fingerprint density at radius 2 is 1.59 bits per heavy atom. The van der Waals surface area contributed by atoms with Crippen LogP contribution >= 0.6 is 24.0 Å². The van der Waals surface area contributed by atoms with Crippen LogP contribution in [0, 0.1) is 0 Å². The standard InChI is InChI=1S/C17H28N4.HI/c1-19(2)17(20(3)4)18-14-15-10-6-7-11-16(15)21-12-8-5-9-13-21;/h6-7,10-11H,5,8-9,12-14H2,1-4H3;1H. The summed E-state index contributed by atoms with van der Waals surface area (Å²) in [4.78, 5) is 11.4. The first-order valence-electron chi connectivity index (χ1n) is 7.81. The maximum absolute atomic E-state index is 4.79. The van der Waals surface area contributed by atoms with Gasteiger partial charge in [-0.1, -0.05) is 18.2 Å². The normalized spacial score (nSPS) is 14.1. The van der Waals surface area contributed by atoms with E-state index in [0.717, 1.165) is 12.5 Å². The van der Waals surface area contributed by atoms with Gasteiger partial charge in [-0.15, -0.1) is 24.0 Å². The predicted molar refractivity (Wildman–Crippen MR) is 106 cm³/mol. The van der Waals surface area contributed by atoms with E-state index in [1.807, 2.05) is 28.2 Å². The zero-order valence-electron chi connectivity index (χ0n) is 14.2. The first-order chi connectivity index (χ1) is 10.1. The number of guanidine groups is 1. The molecule has 0 N–H and O–H groups in total. The van der Waals surface area contributed by atoms with Gasteiger partial charge in [0.25, 0.3) is 0 Å². The Hall–Kier alpha value is -0.980. The topological polar surface area (TPSA) is 22.1 Å². The summed E-state index contributed by atoms with van der Waals surface area (Å²) in [5, 5.41) is 0. The van der Waals surface area contributed by atoms with Crippen molar-refractivity contribution in [2.75, 3.05) is 46.2 Å². The van der Waals surface area contributed by atoms with Crippen molar-refractivity contribution in [3.63, 3.8) is 0 Å². The lowest BCUT2D eigenvalue weighted by molar-refractivity contribution is 0.479. The first kappa shape index (κ1) is 19.1. The average Bonchev–Trinajstić information content (AvgIpc) is 2.48. The van der Waals surface area contributed by atoms with Gasteiger partial charge in [0.15, 0.2) is 5.96 Å². The van der Waals surface area contributed by atoms with Crippen molar-refractivity contribution in [1.82, 2.24) is 9.80 Å². The van der Waals surface area contributed by atoms with Gasteiger partial charge in [0, 0.05) is 47.0 Å². The fraction of sp³-hybridized carbons (Fsp3) is 0.588. The second-order valence-electron chi connectivity index (χ2n) is 6.08. The van der Waals surface area contributed by atoms with Gasteiger partial charge in [0.2, 0.25) is 0 Å². The zero-order valence-corrected chi connectivity index (χ0v) is 16.6. The van der Waals surface area contributed by atoms with Gasteiger partial charge in [-0.3, -0.25) is 0 Å². The summed E-state index contributed by atoms with van der Waals surface area (Å²) >= 11 is 0. The molecule has 4 nitrogen and oxygen atoms in total. The molecule has 0 saturated carbocycles. The summed E-state index contributed by atoms with van der Waals surface area (Å²) in [6.45, 7) is 3.09. The van der Waals surface area contributed by atoms with Crippen molar-refractivity contribution < 1.29 is 0 Å². The first-order valence-corrected chi connectivity index (χ1v) is 7.81. The van der Waals surface area contributed by atoms with E-state index in [-0.39, 0.29) is 24.0 Å². The van der Waals surface area contributed by atoms with Crippen LogP contribution in [0.1, 0.15) is 24.8 Å². The summed E-state index contributed by atoms with van der Waals surface area (Å²) in [6.07, 6.45) is 3.97. The molecule has 1 aromatic carbocycles. The Labute approximate surface area is 152 Å². The number of hydrogen-bond donors (Lipinski definition) is 0. The molecule has 1 aromatic rings. The monoisotopic (exact) mass is 416 g/mol. The van der Waals surface area contributed by atoms with E-state index in [4.69, 9.17) is 4.99 Å². The van der Waals surface area contributed by atoms with Gasteiger partial charge in [-0.05, 0) is 30.9 Å². The number of piperidine rings is 1. The fourth-order valence-electron chi connectivity index (χ4n) is 2.93. The van der Waals surface area contributed by atoms with Crippen LogP contribution in [-0.2, 0) is 6.54 Å². The second-order valence-corrected chi connectivity index (χ2v) is 6.08. The lowest BCUT2D eigenvalue weighted by Crippen LogP contribution is -2.35. The van der Waals surface area contributed by atoms with Gasteiger partial charge in [-0.25, -0.2) is 4.99 Å². The van der Waals surface area contributed by atoms with Gasteiger partial charge in [-0.2, -0.15) is 0 Å². The summed E-state index contributed by atoms with van der Waals surface area (Å²) in [7, 11) is 8.15. The highest BCUT2D eigenvalue weighted by Gasteiger charge is 2.14. The van der Waals surface area contributed by atoms with Crippen LogP contribution in [0.4, 0.5) is 5.69 Å². The van der Waals surface area contributed by atoms with Crippen LogP contribution < -0.4 is 4.90 Å². The van der Waals surface area contributed by atoms with E-state index in [0.29, 0.717) is 0 Å². The molecule has 0 bridgehead atoms. The predicted octanol–water partition coefficient (Wildman–Crippen LogP) is 3.27. The summed E-state index contributed by atoms with van der Waals surface area (Å²) in [5.74, 6) is 1.00. The van der Waals surface area contributed by atoms with Crippen molar-refractivity contribution in [2.45, 2.75) is 25.8 Å². The summed E-state index contributed by atoms with van der Waals surface area (Å²) < 4.78 is 0. The number of benzene rings is 1. The van der Waals surface area contributed by atoms with E-state index < -0.39 is 0 Å². The molecule has 1 aliphatic heterocycles. The third-order valence-corrected chi connectivity index (χ3v) is 3.88. The number of hydrogen-bond acceptors (Lipinski definition) is 2. The Kier molecular flexibility index (Phi) is 8.00. The second kappa shape index (κ2) is 9.22. The lowest BCUT2D eigenvalue weighted by atomic mass is 10.1. The molecule has 1 heterocycles. The third kappa shape index (κ3) is 5.04. The van der Waals surface area contributed by atoms with Gasteiger partial charge < -0.3 is 14.7 Å². The van der Waals surface area contributed by atoms with Crippen molar-refractivity contribution in [2.24, 2.45) is 4.99 Å². The van der Waals surface area contributed by atoms with Crippen LogP contribution in [0.5, 0.6) is 0 Å². The van der Waals surface area contributed by atoms with E-state index in [2.05, 4.69) is 39.0 Å². The number of para-hydroxylation sites is 1. The quantitative estimate of drug-likeness (QED) is 0.429. The van der Waals surface area contributed by atoms with Crippen LogP contribution in [0.2, 0.25) is 0 Å². The Bertz CT molecular complexity index is 469. The summed E-state index contributed by atoms with van der Waals surface area (Å²) in [5.41, 5.74) is 2.68. The molecule has 1 fully saturated rings. The minimum Gasteiger partial charge on any atom is -0.371 e. The van der Waals surface area contributed by atoms with Gasteiger partial charge >= 0.3 is 0 Å².